The predicted molar refractivity (Wildman–Crippen MR) is 70.1 cm³/mol. The molecule has 1 N–H and O–H groups in total. The topological polar surface area (TPSA) is 23.5 Å². The summed E-state index contributed by atoms with van der Waals surface area (Å²) in [6.45, 7) is 4.25. The van der Waals surface area contributed by atoms with Gasteiger partial charge in [-0.15, -0.1) is 0 Å². The zero-order valence-corrected chi connectivity index (χ0v) is 11.5. The Hall–Kier alpha value is -1.23. The van der Waals surface area contributed by atoms with Crippen molar-refractivity contribution in [3.8, 4) is 0 Å². The third kappa shape index (κ3) is 4.42. The number of halogens is 3. The van der Waals surface area contributed by atoms with E-state index in [0.717, 1.165) is 12.5 Å². The number of aliphatic hydroxyl groups is 1. The van der Waals surface area contributed by atoms with Crippen molar-refractivity contribution >= 4 is 5.69 Å². The second-order valence-corrected chi connectivity index (χ2v) is 5.11. The van der Waals surface area contributed by atoms with Crippen LogP contribution in [0.3, 0.4) is 0 Å². The Bertz CT molecular complexity index is 416. The SMILES string of the molecule is CC(C)CCN(C)c1ccc(CO)cc1C(F)(F)F. The largest absolute Gasteiger partial charge is 0.418 e. The smallest absolute Gasteiger partial charge is 0.392 e. The standard InChI is InChI=1S/C14H20F3NO/c1-10(2)6-7-18(3)13-5-4-11(9-19)8-12(13)14(15,16)17/h4-5,8,10,19H,6-7,9H2,1-3H3. The highest BCUT2D eigenvalue weighted by Gasteiger charge is 2.34. The van der Waals surface area contributed by atoms with E-state index in [4.69, 9.17) is 5.11 Å². The van der Waals surface area contributed by atoms with Crippen LogP contribution in [0, 0.1) is 5.92 Å². The Balaban J connectivity index is 3.05. The van der Waals surface area contributed by atoms with E-state index in [1.807, 2.05) is 13.8 Å². The molecule has 0 aliphatic carbocycles. The number of anilines is 1. The molecular weight excluding hydrogens is 255 g/mol. The molecule has 0 atom stereocenters. The first-order chi connectivity index (χ1) is 8.75. The average molecular weight is 275 g/mol. The molecule has 0 heterocycles. The first kappa shape index (κ1) is 15.8. The molecule has 0 aliphatic heterocycles. The molecule has 0 saturated heterocycles. The average Bonchev–Trinajstić information content (AvgIpc) is 2.34. The fourth-order valence-electron chi connectivity index (χ4n) is 1.81. The molecule has 0 spiro atoms. The zero-order chi connectivity index (χ0) is 14.6. The van der Waals surface area contributed by atoms with Gasteiger partial charge >= 0.3 is 6.18 Å². The number of aliphatic hydroxyl groups excluding tert-OH is 1. The second-order valence-electron chi connectivity index (χ2n) is 5.11. The van der Waals surface area contributed by atoms with Gasteiger partial charge in [-0.05, 0) is 30.0 Å². The van der Waals surface area contributed by atoms with E-state index in [2.05, 4.69) is 0 Å². The number of benzene rings is 1. The van der Waals surface area contributed by atoms with E-state index in [1.54, 1.807) is 11.9 Å². The highest BCUT2D eigenvalue weighted by atomic mass is 19.4. The number of nitrogens with zero attached hydrogens (tertiary/aromatic N) is 1. The van der Waals surface area contributed by atoms with Crippen LogP contribution in [0.5, 0.6) is 0 Å². The van der Waals surface area contributed by atoms with Crippen molar-refractivity contribution in [2.75, 3.05) is 18.5 Å². The van der Waals surface area contributed by atoms with Crippen LogP contribution in [0.2, 0.25) is 0 Å². The van der Waals surface area contributed by atoms with E-state index in [9.17, 15) is 13.2 Å². The fraction of sp³-hybridized carbons (Fsp3) is 0.571. The molecule has 1 aromatic rings. The molecule has 2 nitrogen and oxygen atoms in total. The lowest BCUT2D eigenvalue weighted by Gasteiger charge is -2.24. The molecular formula is C14H20F3NO. The minimum Gasteiger partial charge on any atom is -0.392 e. The zero-order valence-electron chi connectivity index (χ0n) is 11.5. The summed E-state index contributed by atoms with van der Waals surface area (Å²) in [4.78, 5) is 1.62. The minimum absolute atomic E-state index is 0.158. The van der Waals surface area contributed by atoms with Crippen molar-refractivity contribution in [2.45, 2.75) is 33.1 Å². The maximum Gasteiger partial charge on any atom is 0.418 e. The van der Waals surface area contributed by atoms with E-state index in [-0.39, 0.29) is 17.9 Å². The summed E-state index contributed by atoms with van der Waals surface area (Å²) in [5, 5.41) is 8.95. The van der Waals surface area contributed by atoms with E-state index in [1.165, 1.54) is 12.1 Å². The minimum atomic E-state index is -4.41. The van der Waals surface area contributed by atoms with Crippen LogP contribution in [0.25, 0.3) is 0 Å². The second kappa shape index (κ2) is 6.28. The first-order valence-corrected chi connectivity index (χ1v) is 6.27. The molecule has 0 aliphatic rings. The Morgan fingerprint density at radius 2 is 1.89 bits per heavy atom. The van der Waals surface area contributed by atoms with E-state index < -0.39 is 11.7 Å². The van der Waals surface area contributed by atoms with Crippen molar-refractivity contribution in [3.63, 3.8) is 0 Å². The van der Waals surface area contributed by atoms with Crippen LogP contribution in [0.4, 0.5) is 18.9 Å². The lowest BCUT2D eigenvalue weighted by molar-refractivity contribution is -0.137. The lowest BCUT2D eigenvalue weighted by Crippen LogP contribution is -2.23. The van der Waals surface area contributed by atoms with Crippen LogP contribution >= 0.6 is 0 Å². The van der Waals surface area contributed by atoms with Crippen LogP contribution in [-0.2, 0) is 12.8 Å². The summed E-state index contributed by atoms with van der Waals surface area (Å²) in [6, 6.07) is 3.96. The highest BCUT2D eigenvalue weighted by molar-refractivity contribution is 5.55. The number of hydrogen-bond acceptors (Lipinski definition) is 2. The van der Waals surface area contributed by atoms with Gasteiger partial charge in [0.1, 0.15) is 0 Å². The van der Waals surface area contributed by atoms with Gasteiger partial charge in [-0.1, -0.05) is 19.9 Å². The third-order valence-electron chi connectivity index (χ3n) is 3.00. The van der Waals surface area contributed by atoms with Crippen molar-refractivity contribution in [1.82, 2.24) is 0 Å². The summed E-state index contributed by atoms with van der Waals surface area (Å²) < 4.78 is 39.0. The Kier molecular flexibility index (Phi) is 5.23. The molecule has 1 aromatic carbocycles. The summed E-state index contributed by atoms with van der Waals surface area (Å²) in [7, 11) is 1.66. The van der Waals surface area contributed by atoms with Gasteiger partial charge in [0.05, 0.1) is 12.2 Å². The molecule has 108 valence electrons. The van der Waals surface area contributed by atoms with Gasteiger partial charge in [0.25, 0.3) is 0 Å². The molecule has 1 rings (SSSR count). The van der Waals surface area contributed by atoms with Gasteiger partial charge in [-0.3, -0.25) is 0 Å². The summed E-state index contributed by atoms with van der Waals surface area (Å²) in [5.41, 5.74) is -0.260. The number of rotatable bonds is 5. The molecule has 19 heavy (non-hydrogen) atoms. The monoisotopic (exact) mass is 275 g/mol. The Labute approximate surface area is 111 Å². The van der Waals surface area contributed by atoms with Crippen molar-refractivity contribution in [3.05, 3.63) is 29.3 Å². The molecule has 0 aromatic heterocycles. The van der Waals surface area contributed by atoms with Crippen molar-refractivity contribution in [1.29, 1.82) is 0 Å². The van der Waals surface area contributed by atoms with Gasteiger partial charge in [-0.2, -0.15) is 13.2 Å². The molecule has 0 bridgehead atoms. The number of alkyl halides is 3. The summed E-state index contributed by atoms with van der Waals surface area (Å²) in [6.07, 6.45) is -3.58. The molecule has 0 saturated carbocycles. The lowest BCUT2D eigenvalue weighted by atomic mass is 10.1. The van der Waals surface area contributed by atoms with Crippen LogP contribution in [0.15, 0.2) is 18.2 Å². The maximum absolute atomic E-state index is 13.0. The predicted octanol–water partition coefficient (Wildman–Crippen LogP) is 3.68. The van der Waals surface area contributed by atoms with Gasteiger partial charge in [0, 0.05) is 19.3 Å². The highest BCUT2D eigenvalue weighted by Crippen LogP contribution is 2.37. The summed E-state index contributed by atoms with van der Waals surface area (Å²) in [5.74, 6) is 0.438. The molecule has 0 amide bonds. The van der Waals surface area contributed by atoms with Crippen molar-refractivity contribution < 1.29 is 18.3 Å². The quantitative estimate of drug-likeness (QED) is 0.886. The molecule has 0 radical (unpaired) electrons. The van der Waals surface area contributed by atoms with Gasteiger partial charge in [0.2, 0.25) is 0 Å². The van der Waals surface area contributed by atoms with E-state index in [0.29, 0.717) is 12.5 Å². The molecule has 0 fully saturated rings. The summed E-state index contributed by atoms with van der Waals surface area (Å²) >= 11 is 0. The van der Waals surface area contributed by atoms with Gasteiger partial charge < -0.3 is 10.0 Å². The maximum atomic E-state index is 13.0. The van der Waals surface area contributed by atoms with Gasteiger partial charge in [0.15, 0.2) is 0 Å². The van der Waals surface area contributed by atoms with Crippen LogP contribution < -0.4 is 4.90 Å². The third-order valence-corrected chi connectivity index (χ3v) is 3.00. The molecule has 5 heteroatoms. The number of hydrogen-bond donors (Lipinski definition) is 1. The van der Waals surface area contributed by atoms with Crippen LogP contribution in [0.1, 0.15) is 31.4 Å². The van der Waals surface area contributed by atoms with E-state index >= 15 is 0 Å². The molecule has 0 unspecified atom stereocenters. The van der Waals surface area contributed by atoms with Crippen LogP contribution in [-0.4, -0.2) is 18.7 Å². The Morgan fingerprint density at radius 1 is 1.26 bits per heavy atom. The normalized spacial score (nSPS) is 12.0. The first-order valence-electron chi connectivity index (χ1n) is 6.27. The Morgan fingerprint density at radius 3 is 2.37 bits per heavy atom. The van der Waals surface area contributed by atoms with Gasteiger partial charge in [-0.25, -0.2) is 0 Å². The van der Waals surface area contributed by atoms with Crippen molar-refractivity contribution in [2.24, 2.45) is 5.92 Å². The fourth-order valence-corrected chi connectivity index (χ4v) is 1.81.